The zero-order chi connectivity index (χ0) is 14.4. The van der Waals surface area contributed by atoms with E-state index in [1.807, 2.05) is 24.3 Å². The molecule has 1 amide bonds. The molecule has 0 fully saturated rings. The number of hydrogen-bond donors (Lipinski definition) is 1. The number of carbonyl (C=O) groups excluding carboxylic acids is 1. The fourth-order valence-corrected chi connectivity index (χ4v) is 3.24. The van der Waals surface area contributed by atoms with Gasteiger partial charge < -0.3 is 0 Å². The average Bonchev–Trinajstić information content (AvgIpc) is 2.92. The van der Waals surface area contributed by atoms with E-state index in [9.17, 15) is 4.79 Å². The topological polar surface area (TPSA) is 54.9 Å². The van der Waals surface area contributed by atoms with E-state index >= 15 is 0 Å². The molecule has 4 nitrogen and oxygen atoms in total. The Morgan fingerprint density at radius 3 is 2.65 bits per heavy atom. The second-order valence-electron chi connectivity index (χ2n) is 4.23. The second kappa shape index (κ2) is 7.40. The Balaban J connectivity index is 1.97. The lowest BCUT2D eigenvalue weighted by atomic mass is 10.1. The predicted octanol–water partition coefficient (Wildman–Crippen LogP) is 3.85. The molecular weight excluding hydrogens is 290 g/mol. The maximum atomic E-state index is 12.1. The van der Waals surface area contributed by atoms with Crippen LogP contribution in [-0.2, 0) is 6.42 Å². The minimum atomic E-state index is -0.143. The Morgan fingerprint density at radius 2 is 2.00 bits per heavy atom. The first-order chi connectivity index (χ1) is 9.72. The van der Waals surface area contributed by atoms with Crippen molar-refractivity contribution in [1.29, 1.82) is 0 Å². The van der Waals surface area contributed by atoms with Gasteiger partial charge in [-0.3, -0.25) is 10.1 Å². The standard InChI is InChI=1S/C14H17N3OS2/c1-3-9-19-14-17-16-13(20-14)15-12(18)11-7-5-10(4-2)6-8-11/h5-8H,3-4,9H2,1-2H3,(H,15,16,18). The van der Waals surface area contributed by atoms with Gasteiger partial charge in [-0.05, 0) is 30.5 Å². The molecule has 1 N–H and O–H groups in total. The van der Waals surface area contributed by atoms with Crippen LogP contribution in [0.1, 0.15) is 36.2 Å². The van der Waals surface area contributed by atoms with E-state index in [1.54, 1.807) is 11.8 Å². The number of aryl methyl sites for hydroxylation is 1. The molecular formula is C14H17N3OS2. The van der Waals surface area contributed by atoms with E-state index in [0.717, 1.165) is 22.9 Å². The molecule has 2 aromatic rings. The molecule has 1 aromatic heterocycles. The van der Waals surface area contributed by atoms with Crippen molar-refractivity contribution >= 4 is 34.1 Å². The van der Waals surface area contributed by atoms with Gasteiger partial charge in [0.25, 0.3) is 5.91 Å². The third-order valence-electron chi connectivity index (χ3n) is 2.68. The zero-order valence-electron chi connectivity index (χ0n) is 11.5. The first-order valence-corrected chi connectivity index (χ1v) is 8.39. The van der Waals surface area contributed by atoms with Gasteiger partial charge in [0, 0.05) is 11.3 Å². The van der Waals surface area contributed by atoms with Gasteiger partial charge in [0.05, 0.1) is 0 Å². The monoisotopic (exact) mass is 307 g/mol. The third-order valence-corrected chi connectivity index (χ3v) is 4.86. The van der Waals surface area contributed by atoms with E-state index in [2.05, 4.69) is 29.4 Å². The molecule has 106 valence electrons. The van der Waals surface area contributed by atoms with E-state index in [4.69, 9.17) is 0 Å². The van der Waals surface area contributed by atoms with Gasteiger partial charge in [-0.1, -0.05) is 49.1 Å². The van der Waals surface area contributed by atoms with Crippen LogP contribution < -0.4 is 5.32 Å². The molecule has 0 aliphatic heterocycles. The molecule has 6 heteroatoms. The summed E-state index contributed by atoms with van der Waals surface area (Å²) in [5.74, 6) is 0.872. The summed E-state index contributed by atoms with van der Waals surface area (Å²) >= 11 is 3.07. The summed E-state index contributed by atoms with van der Waals surface area (Å²) in [4.78, 5) is 12.1. The van der Waals surface area contributed by atoms with Gasteiger partial charge in [-0.2, -0.15) is 0 Å². The lowest BCUT2D eigenvalue weighted by molar-refractivity contribution is 0.102. The number of thioether (sulfide) groups is 1. The first-order valence-electron chi connectivity index (χ1n) is 6.59. The fourth-order valence-electron chi connectivity index (χ4n) is 1.57. The minimum Gasteiger partial charge on any atom is -0.296 e. The van der Waals surface area contributed by atoms with Gasteiger partial charge in [0.15, 0.2) is 4.34 Å². The van der Waals surface area contributed by atoms with Gasteiger partial charge in [0.1, 0.15) is 0 Å². The highest BCUT2D eigenvalue weighted by atomic mass is 32.2. The van der Waals surface area contributed by atoms with Gasteiger partial charge in [-0.15, -0.1) is 10.2 Å². The summed E-state index contributed by atoms with van der Waals surface area (Å²) in [6, 6.07) is 7.61. The molecule has 0 radical (unpaired) electrons. The molecule has 1 aromatic carbocycles. The van der Waals surface area contributed by atoms with E-state index < -0.39 is 0 Å². The molecule has 20 heavy (non-hydrogen) atoms. The van der Waals surface area contributed by atoms with E-state index in [0.29, 0.717) is 10.7 Å². The summed E-state index contributed by atoms with van der Waals surface area (Å²) < 4.78 is 0.892. The highest BCUT2D eigenvalue weighted by Crippen LogP contribution is 2.26. The van der Waals surface area contributed by atoms with E-state index in [-0.39, 0.29) is 5.91 Å². The van der Waals surface area contributed by atoms with Crippen molar-refractivity contribution in [2.45, 2.75) is 31.0 Å². The third kappa shape index (κ3) is 4.05. The van der Waals surface area contributed by atoms with Crippen molar-refractivity contribution < 1.29 is 4.79 Å². The molecule has 0 atom stereocenters. The van der Waals surface area contributed by atoms with Crippen LogP contribution in [0, 0.1) is 0 Å². The molecule has 2 rings (SSSR count). The summed E-state index contributed by atoms with van der Waals surface area (Å²) in [7, 11) is 0. The molecule has 0 saturated heterocycles. The Hall–Kier alpha value is -1.40. The summed E-state index contributed by atoms with van der Waals surface area (Å²) in [5.41, 5.74) is 1.86. The summed E-state index contributed by atoms with van der Waals surface area (Å²) in [5, 5.41) is 11.4. The number of amides is 1. The number of carbonyl (C=O) groups is 1. The van der Waals surface area contributed by atoms with Crippen molar-refractivity contribution in [3.8, 4) is 0 Å². The highest BCUT2D eigenvalue weighted by molar-refractivity contribution is 8.01. The fraction of sp³-hybridized carbons (Fsp3) is 0.357. The zero-order valence-corrected chi connectivity index (χ0v) is 13.2. The SMILES string of the molecule is CCCSc1nnc(NC(=O)c2ccc(CC)cc2)s1. The van der Waals surface area contributed by atoms with Crippen molar-refractivity contribution in [2.24, 2.45) is 0 Å². The highest BCUT2D eigenvalue weighted by Gasteiger charge is 2.10. The van der Waals surface area contributed by atoms with Crippen LogP contribution in [0.4, 0.5) is 5.13 Å². The number of rotatable bonds is 6. The number of nitrogens with zero attached hydrogens (tertiary/aromatic N) is 2. The van der Waals surface area contributed by atoms with Crippen molar-refractivity contribution in [1.82, 2.24) is 10.2 Å². The summed E-state index contributed by atoms with van der Waals surface area (Å²) in [6.45, 7) is 4.21. The number of nitrogens with one attached hydrogen (secondary N) is 1. The Labute approximate surface area is 127 Å². The van der Waals surface area contributed by atoms with Gasteiger partial charge in [-0.25, -0.2) is 0 Å². The molecule has 0 spiro atoms. The maximum absolute atomic E-state index is 12.1. The smallest absolute Gasteiger partial charge is 0.257 e. The van der Waals surface area contributed by atoms with Gasteiger partial charge in [0.2, 0.25) is 5.13 Å². The van der Waals surface area contributed by atoms with Crippen LogP contribution in [0.25, 0.3) is 0 Å². The maximum Gasteiger partial charge on any atom is 0.257 e. The molecule has 1 heterocycles. The molecule has 0 aliphatic rings. The molecule has 0 aliphatic carbocycles. The largest absolute Gasteiger partial charge is 0.296 e. The Kier molecular flexibility index (Phi) is 5.55. The van der Waals surface area contributed by atoms with Gasteiger partial charge >= 0.3 is 0 Å². The number of hydrogen-bond acceptors (Lipinski definition) is 5. The second-order valence-corrected chi connectivity index (χ2v) is 6.55. The lowest BCUT2D eigenvalue weighted by Crippen LogP contribution is -2.11. The predicted molar refractivity (Wildman–Crippen MR) is 84.7 cm³/mol. The van der Waals surface area contributed by atoms with E-state index in [1.165, 1.54) is 16.9 Å². The summed E-state index contributed by atoms with van der Waals surface area (Å²) in [6.07, 6.45) is 2.06. The average molecular weight is 307 g/mol. The van der Waals surface area contributed by atoms with Crippen LogP contribution in [0.2, 0.25) is 0 Å². The van der Waals surface area contributed by atoms with Crippen molar-refractivity contribution in [3.05, 3.63) is 35.4 Å². The number of benzene rings is 1. The van der Waals surface area contributed by atoms with Crippen molar-refractivity contribution in [2.75, 3.05) is 11.1 Å². The normalized spacial score (nSPS) is 10.5. The quantitative estimate of drug-likeness (QED) is 0.650. The molecule has 0 bridgehead atoms. The van der Waals surface area contributed by atoms with Crippen LogP contribution in [0.5, 0.6) is 0 Å². The van der Waals surface area contributed by atoms with Crippen LogP contribution in [-0.4, -0.2) is 21.9 Å². The van der Waals surface area contributed by atoms with Crippen LogP contribution in [0.15, 0.2) is 28.6 Å². The van der Waals surface area contributed by atoms with Crippen LogP contribution >= 0.6 is 23.1 Å². The number of anilines is 1. The Morgan fingerprint density at radius 1 is 1.25 bits per heavy atom. The van der Waals surface area contributed by atoms with Crippen molar-refractivity contribution in [3.63, 3.8) is 0 Å². The molecule has 0 saturated carbocycles. The molecule has 0 unspecified atom stereocenters. The lowest BCUT2D eigenvalue weighted by Gasteiger charge is -2.02. The number of aromatic nitrogens is 2. The Bertz CT molecular complexity index is 566. The minimum absolute atomic E-state index is 0.143. The first kappa shape index (κ1) is 15.0. The van der Waals surface area contributed by atoms with Crippen LogP contribution in [0.3, 0.4) is 0 Å².